The van der Waals surface area contributed by atoms with Crippen LogP contribution in [0.2, 0.25) is 0 Å². The predicted octanol–water partition coefficient (Wildman–Crippen LogP) is 1.25. The second-order valence-corrected chi connectivity index (χ2v) is 5.90. The highest BCUT2D eigenvalue weighted by atomic mass is 31.2. The van der Waals surface area contributed by atoms with E-state index in [0.717, 1.165) is 0 Å². The lowest BCUT2D eigenvalue weighted by Crippen LogP contribution is -2.33. The van der Waals surface area contributed by atoms with Gasteiger partial charge in [0.05, 0.1) is 34.4 Å². The molecule has 106 valence electrons. The van der Waals surface area contributed by atoms with Crippen LogP contribution < -0.4 is 0 Å². The Morgan fingerprint density at radius 2 is 1.89 bits per heavy atom. The predicted molar refractivity (Wildman–Crippen MR) is 65.3 cm³/mol. The van der Waals surface area contributed by atoms with Crippen molar-refractivity contribution < 1.29 is 32.8 Å². The Hall–Kier alpha value is -0.720. The van der Waals surface area contributed by atoms with Crippen molar-refractivity contribution in [3.63, 3.8) is 0 Å². The number of hydrogen-bond donors (Lipinski definition) is 1. The molecule has 0 bridgehead atoms. The fourth-order valence-electron chi connectivity index (χ4n) is 0.860. The second kappa shape index (κ2) is 7.01. The van der Waals surface area contributed by atoms with Crippen LogP contribution in [-0.4, -0.2) is 49.9 Å². The second-order valence-electron chi connectivity index (χ2n) is 4.54. The highest BCUT2D eigenvalue weighted by Crippen LogP contribution is 2.45. The molecule has 0 rings (SSSR count). The summed E-state index contributed by atoms with van der Waals surface area (Å²) in [5.74, 6) is -0.496. The van der Waals surface area contributed by atoms with Crippen molar-refractivity contribution in [2.75, 3.05) is 34.4 Å². The largest absolute Gasteiger partial charge is 0.518 e. The Balaban J connectivity index is 3.82. The van der Waals surface area contributed by atoms with Gasteiger partial charge in [-0.1, -0.05) is 11.2 Å². The SMILES string of the molecule is C=C(C)C(=O)OCCCOP(=O)(O)O[N+](C)(C)C. The normalized spacial score (nSPS) is 14.9. The lowest BCUT2D eigenvalue weighted by Gasteiger charge is -2.22. The van der Waals surface area contributed by atoms with Gasteiger partial charge in [-0.05, 0) is 6.92 Å². The van der Waals surface area contributed by atoms with E-state index < -0.39 is 13.8 Å². The Morgan fingerprint density at radius 3 is 2.33 bits per heavy atom. The molecule has 0 saturated heterocycles. The average Bonchev–Trinajstić information content (AvgIpc) is 2.12. The fourth-order valence-corrected chi connectivity index (χ4v) is 1.89. The Morgan fingerprint density at radius 1 is 1.33 bits per heavy atom. The number of carbonyl (C=O) groups is 1. The van der Waals surface area contributed by atoms with Crippen LogP contribution in [-0.2, 0) is 23.2 Å². The van der Waals surface area contributed by atoms with E-state index in [2.05, 4.69) is 6.58 Å². The van der Waals surface area contributed by atoms with Crippen molar-refractivity contribution in [2.24, 2.45) is 0 Å². The molecule has 0 heterocycles. The summed E-state index contributed by atoms with van der Waals surface area (Å²) in [6, 6.07) is 0. The van der Waals surface area contributed by atoms with Crippen molar-refractivity contribution in [3.8, 4) is 0 Å². The van der Waals surface area contributed by atoms with Crippen molar-refractivity contribution in [2.45, 2.75) is 13.3 Å². The number of hydroxylamine groups is 3. The monoisotopic (exact) mass is 282 g/mol. The molecule has 0 aromatic heterocycles. The summed E-state index contributed by atoms with van der Waals surface area (Å²) < 4.78 is 25.5. The van der Waals surface area contributed by atoms with Gasteiger partial charge in [-0.2, -0.15) is 4.65 Å². The number of nitrogens with zero attached hydrogens (tertiary/aromatic N) is 1. The molecule has 1 atom stereocenters. The molecule has 0 spiro atoms. The molecule has 18 heavy (non-hydrogen) atoms. The van der Waals surface area contributed by atoms with Gasteiger partial charge in [0, 0.05) is 12.0 Å². The molecule has 0 amide bonds. The summed E-state index contributed by atoms with van der Waals surface area (Å²) >= 11 is 0. The molecule has 8 heteroatoms. The molecule has 0 aromatic carbocycles. The number of carbonyl (C=O) groups excluding carboxylic acids is 1. The van der Waals surface area contributed by atoms with Crippen LogP contribution in [0.5, 0.6) is 0 Å². The van der Waals surface area contributed by atoms with Gasteiger partial charge in [0.1, 0.15) is 0 Å². The number of hydrogen-bond acceptors (Lipinski definition) is 5. The Bertz CT molecular complexity index is 349. The van der Waals surface area contributed by atoms with Gasteiger partial charge >= 0.3 is 13.8 Å². The first-order chi connectivity index (χ1) is 8.03. The van der Waals surface area contributed by atoms with E-state index in [1.165, 1.54) is 6.92 Å². The van der Waals surface area contributed by atoms with Gasteiger partial charge in [-0.3, -0.25) is 9.42 Å². The average molecular weight is 282 g/mol. The number of ether oxygens (including phenoxy) is 1. The standard InChI is InChI=1S/C10H20NO6P/c1-9(2)10(12)15-7-6-8-16-18(13,14)17-11(3,4)5/h1,6-8H2,2-5H3/p+1. The highest BCUT2D eigenvalue weighted by Gasteiger charge is 2.30. The van der Waals surface area contributed by atoms with Gasteiger partial charge in [-0.25, -0.2) is 9.36 Å². The summed E-state index contributed by atoms with van der Waals surface area (Å²) in [5.41, 5.74) is 0.303. The quantitative estimate of drug-likeness (QED) is 0.180. The molecule has 0 aliphatic carbocycles. The van der Waals surface area contributed by atoms with Crippen LogP contribution in [0.25, 0.3) is 0 Å². The van der Waals surface area contributed by atoms with E-state index >= 15 is 0 Å². The number of phosphoric ester groups is 1. The first-order valence-corrected chi connectivity index (χ1v) is 6.86. The summed E-state index contributed by atoms with van der Waals surface area (Å²) in [5, 5.41) is 0. The minimum Gasteiger partial charge on any atom is -0.462 e. The lowest BCUT2D eigenvalue weighted by atomic mass is 10.4. The summed E-state index contributed by atoms with van der Waals surface area (Å²) in [6.07, 6.45) is 0.296. The summed E-state index contributed by atoms with van der Waals surface area (Å²) in [7, 11) is 0.670. The zero-order valence-electron chi connectivity index (χ0n) is 11.2. The van der Waals surface area contributed by atoms with E-state index in [1.54, 1.807) is 21.1 Å². The third kappa shape index (κ3) is 9.32. The Kier molecular flexibility index (Phi) is 6.73. The fraction of sp³-hybridized carbons (Fsp3) is 0.700. The molecule has 1 unspecified atom stereocenters. The Labute approximate surface area is 107 Å². The first kappa shape index (κ1) is 17.3. The molecule has 0 fully saturated rings. The molecule has 0 aliphatic heterocycles. The van der Waals surface area contributed by atoms with Gasteiger partial charge in [-0.15, -0.1) is 0 Å². The molecular weight excluding hydrogens is 261 g/mol. The lowest BCUT2D eigenvalue weighted by molar-refractivity contribution is -1.04. The van der Waals surface area contributed by atoms with Crippen LogP contribution in [0.4, 0.5) is 0 Å². The van der Waals surface area contributed by atoms with Gasteiger partial charge in [0.2, 0.25) is 0 Å². The maximum absolute atomic E-state index is 11.4. The van der Waals surface area contributed by atoms with Crippen molar-refractivity contribution in [3.05, 3.63) is 12.2 Å². The zero-order valence-corrected chi connectivity index (χ0v) is 12.1. The van der Waals surface area contributed by atoms with E-state index in [9.17, 15) is 14.3 Å². The van der Waals surface area contributed by atoms with Gasteiger partial charge in [0.25, 0.3) is 0 Å². The molecule has 0 aliphatic rings. The first-order valence-electron chi connectivity index (χ1n) is 5.36. The van der Waals surface area contributed by atoms with Gasteiger partial charge < -0.3 is 4.74 Å². The van der Waals surface area contributed by atoms with Crippen LogP contribution in [0.15, 0.2) is 12.2 Å². The van der Waals surface area contributed by atoms with Crippen LogP contribution in [0.1, 0.15) is 13.3 Å². The third-order valence-corrected chi connectivity index (χ3v) is 2.68. The summed E-state index contributed by atoms with van der Waals surface area (Å²) in [4.78, 5) is 20.3. The smallest absolute Gasteiger partial charge is 0.462 e. The van der Waals surface area contributed by atoms with E-state index in [-0.39, 0.29) is 17.9 Å². The van der Waals surface area contributed by atoms with Crippen molar-refractivity contribution in [1.29, 1.82) is 0 Å². The highest BCUT2D eigenvalue weighted by molar-refractivity contribution is 7.47. The van der Waals surface area contributed by atoms with Crippen molar-refractivity contribution in [1.82, 2.24) is 0 Å². The molecule has 0 saturated carbocycles. The van der Waals surface area contributed by atoms with Crippen molar-refractivity contribution >= 4 is 13.8 Å². The maximum atomic E-state index is 11.4. The van der Waals surface area contributed by atoms with E-state index in [0.29, 0.717) is 12.0 Å². The molecule has 0 aromatic rings. The zero-order chi connectivity index (χ0) is 14.4. The minimum atomic E-state index is -4.08. The number of phosphoric acid groups is 1. The third-order valence-electron chi connectivity index (χ3n) is 1.47. The minimum absolute atomic E-state index is 0.0444. The molecule has 0 radical (unpaired) electrons. The topological polar surface area (TPSA) is 82.1 Å². The van der Waals surface area contributed by atoms with Crippen LogP contribution >= 0.6 is 7.82 Å². The molecular formula is C10H21NO6P+. The number of esters is 1. The molecule has 1 N–H and O–H groups in total. The van der Waals surface area contributed by atoms with Gasteiger partial charge in [0.15, 0.2) is 0 Å². The molecule has 7 nitrogen and oxygen atoms in total. The van der Waals surface area contributed by atoms with Crippen LogP contribution in [0, 0.1) is 0 Å². The maximum Gasteiger partial charge on any atom is 0.518 e. The van der Waals surface area contributed by atoms with E-state index in [1.807, 2.05) is 0 Å². The number of rotatable bonds is 8. The number of quaternary nitrogens is 1. The summed E-state index contributed by atoms with van der Waals surface area (Å²) in [6.45, 7) is 5.01. The van der Waals surface area contributed by atoms with E-state index in [4.69, 9.17) is 13.9 Å². The van der Waals surface area contributed by atoms with Crippen LogP contribution in [0.3, 0.4) is 0 Å².